The second-order valence-electron chi connectivity index (χ2n) is 11.4. The minimum atomic E-state index is 0.0809. The second-order valence-corrected chi connectivity index (χ2v) is 11.4. The van der Waals surface area contributed by atoms with Gasteiger partial charge in [0.15, 0.2) is 5.78 Å². The predicted molar refractivity (Wildman–Crippen MR) is 170 cm³/mol. The Morgan fingerprint density at radius 1 is 0.625 bits per heavy atom. The summed E-state index contributed by atoms with van der Waals surface area (Å²) in [5, 5.41) is 2.30. The van der Waals surface area contributed by atoms with Crippen LogP contribution < -0.4 is 9.47 Å². The first-order valence-electron chi connectivity index (χ1n) is 16.0. The lowest BCUT2D eigenvalue weighted by molar-refractivity contribution is 0.0922. The van der Waals surface area contributed by atoms with Crippen LogP contribution in [0.25, 0.3) is 10.8 Å². The van der Waals surface area contributed by atoms with E-state index in [2.05, 4.69) is 51.1 Å². The predicted octanol–water partition coefficient (Wildman–Crippen LogP) is 11.1. The molecule has 0 amide bonds. The summed E-state index contributed by atoms with van der Waals surface area (Å²) in [6.45, 7) is 7.80. The van der Waals surface area contributed by atoms with Gasteiger partial charge < -0.3 is 9.47 Å². The molecular weight excluding hydrogens is 492 g/mol. The molecule has 0 spiro atoms. The highest BCUT2D eigenvalue weighted by molar-refractivity contribution is 5.97. The molecule has 218 valence electrons. The van der Waals surface area contributed by atoms with Crippen molar-refractivity contribution in [2.24, 2.45) is 5.92 Å². The smallest absolute Gasteiger partial charge is 0.165 e. The quantitative estimate of drug-likeness (QED) is 0.0988. The van der Waals surface area contributed by atoms with Gasteiger partial charge in [-0.2, -0.15) is 0 Å². The number of unbranched alkanes of at least 4 members (excludes halogenated alkanes) is 11. The van der Waals surface area contributed by atoms with Gasteiger partial charge in [-0.1, -0.05) is 134 Å². The Kier molecular flexibility index (Phi) is 14.7. The van der Waals surface area contributed by atoms with Crippen molar-refractivity contribution in [2.75, 3.05) is 6.61 Å². The van der Waals surface area contributed by atoms with Crippen LogP contribution in [0.15, 0.2) is 60.7 Å². The van der Waals surface area contributed by atoms with Gasteiger partial charge in [-0.05, 0) is 53.4 Å². The largest absolute Gasteiger partial charge is 0.494 e. The van der Waals surface area contributed by atoms with Crippen molar-refractivity contribution in [1.29, 1.82) is 0 Å². The minimum absolute atomic E-state index is 0.0809. The Morgan fingerprint density at radius 3 is 1.75 bits per heavy atom. The highest BCUT2D eigenvalue weighted by atomic mass is 16.5. The standard InChI is InChI=1S/C37H52O3/c1-4-6-8-10-11-12-13-14-16-26-39-35-24-22-34-28-36(25-23-33(34)27-35)40-29-31-18-20-32(21-19-31)37(38)30(3)17-15-9-7-5-2/h18-25,27-28,30H,4-17,26,29H2,1-3H3/t30-/m1/s1. The molecule has 0 aliphatic heterocycles. The van der Waals surface area contributed by atoms with Crippen LogP contribution in [0.1, 0.15) is 127 Å². The number of Topliss-reactive ketones (excluding diaryl/α,β-unsaturated/α-hetero) is 1. The molecule has 3 heteroatoms. The lowest BCUT2D eigenvalue weighted by Gasteiger charge is -2.12. The number of rotatable bonds is 21. The van der Waals surface area contributed by atoms with E-state index >= 15 is 0 Å². The first-order valence-corrected chi connectivity index (χ1v) is 16.0. The number of carbonyl (C=O) groups excluding carboxylic acids is 1. The summed E-state index contributed by atoms with van der Waals surface area (Å²) in [5.41, 5.74) is 1.86. The average Bonchev–Trinajstić information content (AvgIpc) is 2.99. The fourth-order valence-corrected chi connectivity index (χ4v) is 5.21. The molecule has 0 saturated carbocycles. The fourth-order valence-electron chi connectivity index (χ4n) is 5.21. The highest BCUT2D eigenvalue weighted by Crippen LogP contribution is 2.26. The number of ketones is 1. The van der Waals surface area contributed by atoms with Gasteiger partial charge in [0.05, 0.1) is 6.61 Å². The van der Waals surface area contributed by atoms with Crippen LogP contribution >= 0.6 is 0 Å². The van der Waals surface area contributed by atoms with E-state index in [0.29, 0.717) is 6.61 Å². The summed E-state index contributed by atoms with van der Waals surface area (Å²) in [5.74, 6) is 2.11. The molecule has 40 heavy (non-hydrogen) atoms. The zero-order valence-electron chi connectivity index (χ0n) is 25.4. The topological polar surface area (TPSA) is 35.5 Å². The van der Waals surface area contributed by atoms with Crippen LogP contribution in [0.3, 0.4) is 0 Å². The third-order valence-corrected chi connectivity index (χ3v) is 7.88. The summed E-state index contributed by atoms with van der Waals surface area (Å²) < 4.78 is 12.1. The van der Waals surface area contributed by atoms with Gasteiger partial charge in [0.2, 0.25) is 0 Å². The van der Waals surface area contributed by atoms with Crippen LogP contribution in [0.4, 0.5) is 0 Å². The molecule has 0 radical (unpaired) electrons. The summed E-state index contributed by atoms with van der Waals surface area (Å²) in [7, 11) is 0. The summed E-state index contributed by atoms with van der Waals surface area (Å²) in [6, 6.07) is 20.4. The van der Waals surface area contributed by atoms with E-state index in [1.165, 1.54) is 70.6 Å². The first kappa shape index (κ1) is 31.7. The maximum Gasteiger partial charge on any atom is 0.165 e. The zero-order chi connectivity index (χ0) is 28.4. The zero-order valence-corrected chi connectivity index (χ0v) is 25.4. The van der Waals surface area contributed by atoms with E-state index in [-0.39, 0.29) is 11.7 Å². The molecule has 3 rings (SSSR count). The van der Waals surface area contributed by atoms with Crippen molar-refractivity contribution in [2.45, 2.75) is 117 Å². The van der Waals surface area contributed by atoms with Gasteiger partial charge in [-0.3, -0.25) is 4.79 Å². The van der Waals surface area contributed by atoms with Crippen LogP contribution in [0.2, 0.25) is 0 Å². The van der Waals surface area contributed by atoms with Crippen molar-refractivity contribution < 1.29 is 14.3 Å². The lowest BCUT2D eigenvalue weighted by Crippen LogP contribution is -2.11. The minimum Gasteiger partial charge on any atom is -0.494 e. The van der Waals surface area contributed by atoms with E-state index < -0.39 is 0 Å². The molecule has 0 unspecified atom stereocenters. The van der Waals surface area contributed by atoms with Gasteiger partial charge in [0, 0.05) is 11.5 Å². The number of fused-ring (bicyclic) bond motifs is 1. The molecule has 3 aromatic carbocycles. The fraction of sp³-hybridized carbons (Fsp3) is 0.541. The van der Waals surface area contributed by atoms with Crippen LogP contribution in [0.5, 0.6) is 11.5 Å². The third kappa shape index (κ3) is 11.4. The molecule has 0 saturated heterocycles. The van der Waals surface area contributed by atoms with Gasteiger partial charge >= 0.3 is 0 Å². The number of ether oxygens (including phenoxy) is 2. The Bertz CT molecular complexity index is 1120. The Balaban J connectivity index is 1.39. The second kappa shape index (κ2) is 18.5. The van der Waals surface area contributed by atoms with Gasteiger partial charge in [0.1, 0.15) is 18.1 Å². The summed E-state index contributed by atoms with van der Waals surface area (Å²) in [4.78, 5) is 12.8. The average molecular weight is 545 g/mol. The highest BCUT2D eigenvalue weighted by Gasteiger charge is 2.14. The number of hydrogen-bond acceptors (Lipinski definition) is 3. The molecule has 0 aliphatic rings. The lowest BCUT2D eigenvalue weighted by atomic mass is 9.93. The number of hydrogen-bond donors (Lipinski definition) is 0. The molecule has 3 aromatic rings. The van der Waals surface area contributed by atoms with Crippen molar-refractivity contribution in [1.82, 2.24) is 0 Å². The molecular formula is C37H52O3. The molecule has 0 aromatic heterocycles. The van der Waals surface area contributed by atoms with Crippen molar-refractivity contribution in [3.05, 3.63) is 71.8 Å². The van der Waals surface area contributed by atoms with Crippen LogP contribution in [-0.4, -0.2) is 12.4 Å². The van der Waals surface area contributed by atoms with E-state index in [1.54, 1.807) is 0 Å². The maximum absolute atomic E-state index is 12.8. The number of benzene rings is 3. The normalized spacial score (nSPS) is 12.0. The van der Waals surface area contributed by atoms with Gasteiger partial charge in [-0.15, -0.1) is 0 Å². The Labute approximate surface area is 243 Å². The van der Waals surface area contributed by atoms with Crippen LogP contribution in [0, 0.1) is 5.92 Å². The molecule has 3 nitrogen and oxygen atoms in total. The van der Waals surface area contributed by atoms with E-state index in [1.807, 2.05) is 30.3 Å². The van der Waals surface area contributed by atoms with E-state index in [4.69, 9.17) is 9.47 Å². The molecule has 0 N–H and O–H groups in total. The first-order chi connectivity index (χ1) is 19.6. The van der Waals surface area contributed by atoms with Crippen molar-refractivity contribution in [3.63, 3.8) is 0 Å². The molecule has 0 aliphatic carbocycles. The molecule has 0 bridgehead atoms. The number of carbonyl (C=O) groups is 1. The van der Waals surface area contributed by atoms with Crippen molar-refractivity contribution in [3.8, 4) is 11.5 Å². The monoisotopic (exact) mass is 544 g/mol. The molecule has 0 heterocycles. The van der Waals surface area contributed by atoms with Gasteiger partial charge in [0.25, 0.3) is 0 Å². The van der Waals surface area contributed by atoms with Crippen LogP contribution in [-0.2, 0) is 6.61 Å². The maximum atomic E-state index is 12.8. The molecule has 0 fully saturated rings. The Hall–Kier alpha value is -2.81. The summed E-state index contributed by atoms with van der Waals surface area (Å²) >= 11 is 0. The van der Waals surface area contributed by atoms with Crippen molar-refractivity contribution >= 4 is 16.6 Å². The van der Waals surface area contributed by atoms with Gasteiger partial charge in [-0.25, -0.2) is 0 Å². The third-order valence-electron chi connectivity index (χ3n) is 7.88. The SMILES string of the molecule is CCCCCCCCCCCOc1ccc2cc(OCc3ccc(C(=O)[C@H](C)CCCCCC)cc3)ccc2c1. The Morgan fingerprint density at radius 2 is 1.15 bits per heavy atom. The molecule has 1 atom stereocenters. The van der Waals surface area contributed by atoms with E-state index in [0.717, 1.165) is 59.3 Å². The summed E-state index contributed by atoms with van der Waals surface area (Å²) in [6.07, 6.45) is 17.7. The van der Waals surface area contributed by atoms with E-state index in [9.17, 15) is 4.79 Å².